The average molecular weight is 369 g/mol. The second-order valence-corrected chi connectivity index (χ2v) is 7.38. The Bertz CT molecular complexity index is 673. The third-order valence-corrected chi connectivity index (χ3v) is 5.66. The Labute approximate surface area is 134 Å². The van der Waals surface area contributed by atoms with Crippen molar-refractivity contribution in [1.82, 2.24) is 9.29 Å². The average Bonchev–Trinajstić information content (AvgIpc) is 2.49. The summed E-state index contributed by atoms with van der Waals surface area (Å²) in [7, 11) is -3.45. The van der Waals surface area contributed by atoms with Crippen LogP contribution in [0.5, 0.6) is 0 Å². The molecule has 0 spiro atoms. The maximum absolute atomic E-state index is 12.6. The van der Waals surface area contributed by atoms with Gasteiger partial charge < -0.3 is 0 Å². The standard InChI is InChI=1S/C15H17BrN2O2S/c1-2-18(12-10-14-5-3-4-11-17-14)21(19,20)15-8-6-13(16)7-9-15/h3-9,11H,2,10,12H2,1H3. The minimum absolute atomic E-state index is 0.313. The van der Waals surface area contributed by atoms with Crippen molar-refractivity contribution in [3.05, 3.63) is 58.8 Å². The molecule has 2 aromatic rings. The molecule has 0 unspecified atom stereocenters. The molecule has 1 aromatic heterocycles. The van der Waals surface area contributed by atoms with Crippen molar-refractivity contribution in [3.8, 4) is 0 Å². The topological polar surface area (TPSA) is 50.3 Å². The van der Waals surface area contributed by atoms with E-state index in [1.807, 2.05) is 25.1 Å². The van der Waals surface area contributed by atoms with Gasteiger partial charge in [-0.15, -0.1) is 0 Å². The molecule has 0 bridgehead atoms. The lowest BCUT2D eigenvalue weighted by Crippen LogP contribution is -2.32. The van der Waals surface area contributed by atoms with Crippen LogP contribution in [0.3, 0.4) is 0 Å². The van der Waals surface area contributed by atoms with Crippen LogP contribution in [-0.4, -0.2) is 30.8 Å². The maximum Gasteiger partial charge on any atom is 0.243 e. The Balaban J connectivity index is 2.14. The molecule has 0 aliphatic heterocycles. The second kappa shape index (κ2) is 7.15. The summed E-state index contributed by atoms with van der Waals surface area (Å²) in [6.07, 6.45) is 2.32. The summed E-state index contributed by atoms with van der Waals surface area (Å²) >= 11 is 3.31. The van der Waals surface area contributed by atoms with Crippen molar-refractivity contribution in [3.63, 3.8) is 0 Å². The summed E-state index contributed by atoms with van der Waals surface area (Å²) in [6, 6.07) is 12.4. The summed E-state index contributed by atoms with van der Waals surface area (Å²) in [5, 5.41) is 0. The fourth-order valence-corrected chi connectivity index (χ4v) is 3.70. The molecular formula is C15H17BrN2O2S. The number of likely N-dealkylation sites (N-methyl/N-ethyl adjacent to an activating group) is 1. The van der Waals surface area contributed by atoms with Gasteiger partial charge in [0.05, 0.1) is 4.90 Å². The molecule has 0 saturated carbocycles. The highest BCUT2D eigenvalue weighted by Gasteiger charge is 2.22. The van der Waals surface area contributed by atoms with Crippen LogP contribution in [0.4, 0.5) is 0 Å². The highest BCUT2D eigenvalue weighted by atomic mass is 79.9. The smallest absolute Gasteiger partial charge is 0.243 e. The molecule has 2 rings (SSSR count). The summed E-state index contributed by atoms with van der Waals surface area (Å²) in [6.45, 7) is 2.70. The van der Waals surface area contributed by atoms with Crippen molar-refractivity contribution in [2.75, 3.05) is 13.1 Å². The quantitative estimate of drug-likeness (QED) is 0.786. The van der Waals surface area contributed by atoms with Crippen LogP contribution in [0, 0.1) is 0 Å². The Kier molecular flexibility index (Phi) is 5.50. The zero-order valence-electron chi connectivity index (χ0n) is 11.7. The Morgan fingerprint density at radius 2 is 1.86 bits per heavy atom. The molecule has 6 heteroatoms. The van der Waals surface area contributed by atoms with Crippen LogP contribution in [0.15, 0.2) is 58.0 Å². The zero-order valence-corrected chi connectivity index (χ0v) is 14.1. The number of hydrogen-bond donors (Lipinski definition) is 0. The van der Waals surface area contributed by atoms with Gasteiger partial charge in [0.25, 0.3) is 0 Å². The lowest BCUT2D eigenvalue weighted by atomic mass is 10.3. The van der Waals surface area contributed by atoms with Crippen LogP contribution >= 0.6 is 15.9 Å². The maximum atomic E-state index is 12.6. The van der Waals surface area contributed by atoms with Gasteiger partial charge in [-0.1, -0.05) is 28.9 Å². The van der Waals surface area contributed by atoms with Crippen LogP contribution in [0.25, 0.3) is 0 Å². The van der Waals surface area contributed by atoms with Gasteiger partial charge in [0.1, 0.15) is 0 Å². The van der Waals surface area contributed by atoms with Crippen molar-refractivity contribution in [2.24, 2.45) is 0 Å². The zero-order chi connectivity index (χ0) is 15.3. The number of halogens is 1. The number of sulfonamides is 1. The number of hydrogen-bond acceptors (Lipinski definition) is 3. The molecule has 0 atom stereocenters. The predicted octanol–water partition coefficient (Wildman–Crippen LogP) is 3.10. The number of nitrogens with zero attached hydrogens (tertiary/aromatic N) is 2. The van der Waals surface area contributed by atoms with Crippen LogP contribution in [0.2, 0.25) is 0 Å². The molecule has 0 fully saturated rings. The van der Waals surface area contributed by atoms with E-state index in [0.29, 0.717) is 24.4 Å². The Hall–Kier alpha value is -1.24. The van der Waals surface area contributed by atoms with Gasteiger partial charge in [-0.2, -0.15) is 4.31 Å². The molecule has 112 valence electrons. The van der Waals surface area contributed by atoms with Gasteiger partial charge in [-0.05, 0) is 36.4 Å². The van der Waals surface area contributed by atoms with Crippen molar-refractivity contribution in [1.29, 1.82) is 0 Å². The number of benzene rings is 1. The molecular weight excluding hydrogens is 352 g/mol. The van der Waals surface area contributed by atoms with Crippen molar-refractivity contribution >= 4 is 26.0 Å². The summed E-state index contributed by atoms with van der Waals surface area (Å²) in [5.41, 5.74) is 0.891. The van der Waals surface area contributed by atoms with E-state index in [0.717, 1.165) is 10.2 Å². The lowest BCUT2D eigenvalue weighted by Gasteiger charge is -2.20. The minimum Gasteiger partial charge on any atom is -0.261 e. The normalized spacial score (nSPS) is 11.8. The Morgan fingerprint density at radius 1 is 1.14 bits per heavy atom. The molecule has 0 amide bonds. The fraction of sp³-hybridized carbons (Fsp3) is 0.267. The van der Waals surface area contributed by atoms with Crippen LogP contribution < -0.4 is 0 Å². The van der Waals surface area contributed by atoms with Gasteiger partial charge in [0.2, 0.25) is 10.0 Å². The third-order valence-electron chi connectivity index (χ3n) is 3.15. The van der Waals surface area contributed by atoms with E-state index in [1.165, 1.54) is 4.31 Å². The first-order chi connectivity index (χ1) is 10.0. The minimum atomic E-state index is -3.45. The van der Waals surface area contributed by atoms with E-state index in [4.69, 9.17) is 0 Å². The van der Waals surface area contributed by atoms with Gasteiger partial charge in [-0.25, -0.2) is 8.42 Å². The van der Waals surface area contributed by atoms with Crippen LogP contribution in [0.1, 0.15) is 12.6 Å². The molecule has 1 heterocycles. The molecule has 0 N–H and O–H groups in total. The first-order valence-electron chi connectivity index (χ1n) is 6.69. The van der Waals surface area contributed by atoms with Crippen molar-refractivity contribution in [2.45, 2.75) is 18.2 Å². The molecule has 0 saturated heterocycles. The molecule has 0 aliphatic rings. The molecule has 21 heavy (non-hydrogen) atoms. The Morgan fingerprint density at radius 3 is 2.43 bits per heavy atom. The van der Waals surface area contributed by atoms with Gasteiger partial charge in [0.15, 0.2) is 0 Å². The van der Waals surface area contributed by atoms with Gasteiger partial charge in [0, 0.05) is 35.9 Å². The predicted molar refractivity (Wildman–Crippen MR) is 86.5 cm³/mol. The van der Waals surface area contributed by atoms with Gasteiger partial charge in [-0.3, -0.25) is 4.98 Å². The molecule has 1 aromatic carbocycles. The summed E-state index contributed by atoms with van der Waals surface area (Å²) in [4.78, 5) is 4.54. The van der Waals surface area contributed by atoms with E-state index in [2.05, 4.69) is 20.9 Å². The van der Waals surface area contributed by atoms with Crippen LogP contribution in [-0.2, 0) is 16.4 Å². The highest BCUT2D eigenvalue weighted by molar-refractivity contribution is 9.10. The second-order valence-electron chi connectivity index (χ2n) is 4.52. The van der Waals surface area contributed by atoms with E-state index >= 15 is 0 Å². The molecule has 0 aliphatic carbocycles. The SMILES string of the molecule is CCN(CCc1ccccn1)S(=O)(=O)c1ccc(Br)cc1. The summed E-state index contributed by atoms with van der Waals surface area (Å²) in [5.74, 6) is 0. The number of pyridine rings is 1. The number of rotatable bonds is 6. The van der Waals surface area contributed by atoms with Gasteiger partial charge >= 0.3 is 0 Å². The summed E-state index contributed by atoms with van der Waals surface area (Å²) < 4.78 is 27.5. The lowest BCUT2D eigenvalue weighted by molar-refractivity contribution is 0.429. The monoisotopic (exact) mass is 368 g/mol. The van der Waals surface area contributed by atoms with E-state index in [1.54, 1.807) is 30.5 Å². The first-order valence-corrected chi connectivity index (χ1v) is 8.93. The molecule has 0 radical (unpaired) electrons. The first kappa shape index (κ1) is 16.1. The van der Waals surface area contributed by atoms with E-state index in [-0.39, 0.29) is 0 Å². The fourth-order valence-electron chi connectivity index (χ4n) is 1.99. The number of aromatic nitrogens is 1. The van der Waals surface area contributed by atoms with E-state index in [9.17, 15) is 8.42 Å². The van der Waals surface area contributed by atoms with E-state index < -0.39 is 10.0 Å². The highest BCUT2D eigenvalue weighted by Crippen LogP contribution is 2.19. The third kappa shape index (κ3) is 4.12. The molecule has 4 nitrogen and oxygen atoms in total. The largest absolute Gasteiger partial charge is 0.261 e. The van der Waals surface area contributed by atoms with Crippen molar-refractivity contribution < 1.29 is 8.42 Å².